The van der Waals surface area contributed by atoms with E-state index >= 15 is 0 Å². The summed E-state index contributed by atoms with van der Waals surface area (Å²) in [5.41, 5.74) is 8.99. The van der Waals surface area contributed by atoms with Crippen molar-refractivity contribution in [2.45, 2.75) is 19.9 Å². The smallest absolute Gasteiger partial charge is 0.204 e. The number of nitrogens with two attached hydrogens (primary N) is 1. The monoisotopic (exact) mass is 408 g/mol. The van der Waals surface area contributed by atoms with Crippen molar-refractivity contribution in [2.24, 2.45) is 5.73 Å². The Morgan fingerprint density at radius 1 is 1.48 bits per heavy atom. The number of aromatic nitrogens is 2. The van der Waals surface area contributed by atoms with E-state index in [0.29, 0.717) is 6.54 Å². The number of nitrogens with one attached hydrogen (secondary N) is 1. The largest absolute Gasteiger partial charge is 0.337 e. The molecule has 0 aliphatic rings. The van der Waals surface area contributed by atoms with Gasteiger partial charge in [0.1, 0.15) is 5.52 Å². The van der Waals surface area contributed by atoms with Crippen LogP contribution >= 0.6 is 38.6 Å². The second-order valence-electron chi connectivity index (χ2n) is 5.23. The van der Waals surface area contributed by atoms with E-state index < -0.39 is 0 Å². The van der Waals surface area contributed by atoms with Gasteiger partial charge in [-0.15, -0.1) is 29.1 Å². The highest BCUT2D eigenvalue weighted by Crippen LogP contribution is 2.33. The molecule has 3 aromatic heterocycles. The summed E-state index contributed by atoms with van der Waals surface area (Å²) in [6.07, 6.45) is 6.49. The predicted octanol–water partition coefficient (Wildman–Crippen LogP) is 4.09. The molecule has 0 amide bonds. The third-order valence-corrected chi connectivity index (χ3v) is 6.88. The first-order chi connectivity index (χ1) is 11.1. The van der Waals surface area contributed by atoms with E-state index in [0.717, 1.165) is 45.8 Å². The Hall–Kier alpha value is -1.33. The van der Waals surface area contributed by atoms with Gasteiger partial charge in [-0.1, -0.05) is 5.92 Å². The Morgan fingerprint density at radius 3 is 2.96 bits per heavy atom. The van der Waals surface area contributed by atoms with Crippen LogP contribution in [0.4, 0.5) is 5.95 Å². The Labute approximate surface area is 151 Å². The molecule has 0 bridgehead atoms. The third kappa shape index (κ3) is 3.31. The van der Waals surface area contributed by atoms with Crippen LogP contribution in [0.2, 0.25) is 0 Å². The molecule has 3 N–H and O–H groups in total. The molecule has 0 aromatic carbocycles. The number of anilines is 1. The first kappa shape index (κ1) is 16.5. The third-order valence-electron chi connectivity index (χ3n) is 3.68. The molecule has 0 aliphatic heterocycles. The van der Waals surface area contributed by atoms with E-state index in [9.17, 15) is 0 Å². The Balaban J connectivity index is 1.90. The number of nitrogens with zero attached hydrogens (tertiary/aromatic N) is 2. The average molecular weight is 409 g/mol. The Bertz CT molecular complexity index is 827. The Kier molecular flexibility index (Phi) is 5.07. The van der Waals surface area contributed by atoms with E-state index in [4.69, 9.17) is 17.1 Å². The van der Waals surface area contributed by atoms with Crippen LogP contribution in [-0.4, -0.2) is 23.1 Å². The van der Waals surface area contributed by atoms with Gasteiger partial charge in [0.05, 0.1) is 16.9 Å². The number of H-pyrrole nitrogens is 1. The molecule has 120 valence electrons. The molecule has 0 saturated carbocycles. The number of halogens is 1. The van der Waals surface area contributed by atoms with Crippen molar-refractivity contribution in [3.8, 4) is 12.3 Å². The van der Waals surface area contributed by atoms with Crippen molar-refractivity contribution in [1.29, 1.82) is 0 Å². The maximum absolute atomic E-state index is 5.70. The first-order valence-corrected chi connectivity index (χ1v) is 9.80. The lowest BCUT2D eigenvalue weighted by Crippen LogP contribution is -2.26. The van der Waals surface area contributed by atoms with E-state index in [1.165, 1.54) is 10.4 Å². The maximum atomic E-state index is 5.70. The molecule has 3 heterocycles. The standard InChI is InChI=1S/C16H17BrN4S2/c1-3-13-15(17)10(2)14(23-13)7-21(6-4-5-18)16-19-11-8-22-9-12(11)20-16/h1,8-9H,4-7,18H2,2H3,(H,19,20). The molecule has 0 aliphatic carbocycles. The number of terminal acetylenes is 1. The zero-order valence-corrected chi connectivity index (χ0v) is 15.9. The van der Waals surface area contributed by atoms with Gasteiger partial charge < -0.3 is 15.6 Å². The van der Waals surface area contributed by atoms with Gasteiger partial charge in [-0.05, 0) is 41.4 Å². The van der Waals surface area contributed by atoms with Gasteiger partial charge in [-0.2, -0.15) is 0 Å². The van der Waals surface area contributed by atoms with E-state index in [2.05, 4.69) is 49.4 Å². The van der Waals surface area contributed by atoms with Crippen LogP contribution in [0.15, 0.2) is 15.2 Å². The van der Waals surface area contributed by atoms with Gasteiger partial charge in [0.2, 0.25) is 5.95 Å². The predicted molar refractivity (Wildman–Crippen MR) is 103 cm³/mol. The molecule has 3 rings (SSSR count). The molecule has 4 nitrogen and oxygen atoms in total. The highest BCUT2D eigenvalue weighted by molar-refractivity contribution is 9.10. The molecule has 0 spiro atoms. The van der Waals surface area contributed by atoms with Crippen molar-refractivity contribution in [3.05, 3.63) is 30.6 Å². The summed E-state index contributed by atoms with van der Waals surface area (Å²) in [5.74, 6) is 3.63. The van der Waals surface area contributed by atoms with Gasteiger partial charge in [0.25, 0.3) is 0 Å². The van der Waals surface area contributed by atoms with Crippen molar-refractivity contribution < 1.29 is 0 Å². The fraction of sp³-hybridized carbons (Fsp3) is 0.312. The molecule has 0 unspecified atom stereocenters. The molecule has 0 fully saturated rings. The van der Waals surface area contributed by atoms with Crippen LogP contribution in [0.5, 0.6) is 0 Å². The number of fused-ring (bicyclic) bond motifs is 1. The number of aromatic amines is 1. The normalized spacial score (nSPS) is 11.0. The zero-order valence-electron chi connectivity index (χ0n) is 12.7. The van der Waals surface area contributed by atoms with Gasteiger partial charge in [-0.25, -0.2) is 4.98 Å². The second kappa shape index (κ2) is 7.05. The summed E-state index contributed by atoms with van der Waals surface area (Å²) < 4.78 is 1.03. The van der Waals surface area contributed by atoms with Crippen molar-refractivity contribution >= 4 is 55.6 Å². The van der Waals surface area contributed by atoms with Crippen molar-refractivity contribution in [1.82, 2.24) is 9.97 Å². The van der Waals surface area contributed by atoms with Crippen LogP contribution in [0.3, 0.4) is 0 Å². The van der Waals surface area contributed by atoms with Crippen molar-refractivity contribution in [3.63, 3.8) is 0 Å². The van der Waals surface area contributed by atoms with E-state index in [1.807, 2.05) is 0 Å². The summed E-state index contributed by atoms with van der Waals surface area (Å²) in [4.78, 5) is 12.5. The minimum Gasteiger partial charge on any atom is -0.337 e. The number of imidazole rings is 1. The van der Waals surface area contributed by atoms with Crippen LogP contribution in [0.1, 0.15) is 21.7 Å². The van der Waals surface area contributed by atoms with E-state index in [-0.39, 0.29) is 0 Å². The molecule has 0 atom stereocenters. The zero-order chi connectivity index (χ0) is 16.4. The lowest BCUT2D eigenvalue weighted by Gasteiger charge is -2.21. The summed E-state index contributed by atoms with van der Waals surface area (Å²) >= 11 is 6.90. The van der Waals surface area contributed by atoms with Crippen LogP contribution in [-0.2, 0) is 6.54 Å². The molecular formula is C16H17BrN4S2. The Morgan fingerprint density at radius 2 is 2.30 bits per heavy atom. The number of hydrogen-bond donors (Lipinski definition) is 2. The second-order valence-corrected chi connectivity index (χ2v) is 7.87. The molecule has 3 aromatic rings. The lowest BCUT2D eigenvalue weighted by molar-refractivity contribution is 0.723. The number of thiophene rings is 2. The van der Waals surface area contributed by atoms with Crippen LogP contribution in [0, 0.1) is 19.3 Å². The molecular weight excluding hydrogens is 392 g/mol. The fourth-order valence-corrected chi connectivity index (χ4v) is 4.82. The number of rotatable bonds is 6. The van der Waals surface area contributed by atoms with E-state index in [1.54, 1.807) is 22.7 Å². The maximum Gasteiger partial charge on any atom is 0.204 e. The minimum absolute atomic E-state index is 0.660. The summed E-state index contributed by atoms with van der Waals surface area (Å²) in [7, 11) is 0. The highest BCUT2D eigenvalue weighted by atomic mass is 79.9. The molecule has 0 radical (unpaired) electrons. The topological polar surface area (TPSA) is 57.9 Å². The van der Waals surface area contributed by atoms with Gasteiger partial charge in [-0.3, -0.25) is 0 Å². The van der Waals surface area contributed by atoms with Gasteiger partial charge in [0.15, 0.2) is 0 Å². The SMILES string of the molecule is C#Cc1sc(CN(CCCN)c2nc3cscc3[nH]2)c(C)c1Br. The summed E-state index contributed by atoms with van der Waals surface area (Å²) in [5, 5.41) is 4.14. The quantitative estimate of drug-likeness (QED) is 0.603. The average Bonchev–Trinajstić information content (AvgIpc) is 3.20. The molecule has 0 saturated heterocycles. The van der Waals surface area contributed by atoms with Crippen LogP contribution in [0.25, 0.3) is 11.0 Å². The highest BCUT2D eigenvalue weighted by Gasteiger charge is 2.17. The van der Waals surface area contributed by atoms with Crippen molar-refractivity contribution in [2.75, 3.05) is 18.0 Å². The lowest BCUT2D eigenvalue weighted by atomic mass is 10.2. The number of hydrogen-bond acceptors (Lipinski definition) is 5. The fourth-order valence-electron chi connectivity index (χ4n) is 2.38. The summed E-state index contributed by atoms with van der Waals surface area (Å²) in [6, 6.07) is 0. The minimum atomic E-state index is 0.660. The van der Waals surface area contributed by atoms with Gasteiger partial charge in [0, 0.05) is 26.7 Å². The first-order valence-electron chi connectivity index (χ1n) is 7.25. The van der Waals surface area contributed by atoms with Gasteiger partial charge >= 0.3 is 0 Å². The van der Waals surface area contributed by atoms with Crippen LogP contribution < -0.4 is 10.6 Å². The molecule has 23 heavy (non-hydrogen) atoms. The molecule has 7 heteroatoms. The summed E-state index contributed by atoms with van der Waals surface area (Å²) in [6.45, 7) is 4.39.